The van der Waals surface area contributed by atoms with E-state index in [0.29, 0.717) is 6.42 Å². The predicted molar refractivity (Wildman–Crippen MR) is 176 cm³/mol. The molecule has 4 heteroatoms. The molecule has 0 heterocycles. The zero-order valence-corrected chi connectivity index (χ0v) is 27.4. The van der Waals surface area contributed by atoms with Crippen molar-refractivity contribution in [1.29, 1.82) is 0 Å². The van der Waals surface area contributed by atoms with E-state index in [1.165, 1.54) is 89.9 Å². The van der Waals surface area contributed by atoms with E-state index in [2.05, 4.69) is 38.2 Å². The molecule has 41 heavy (non-hydrogen) atoms. The van der Waals surface area contributed by atoms with E-state index < -0.39 is 5.97 Å². The Labute approximate surface area is 255 Å². The third-order valence-electron chi connectivity index (χ3n) is 7.93. The summed E-state index contributed by atoms with van der Waals surface area (Å²) in [5.74, 6) is -0.715. The minimum absolute atomic E-state index is 0.0123. The molecule has 0 saturated heterocycles. The fraction of sp³-hybridized carbons (Fsp3) is 0.838. The van der Waals surface area contributed by atoms with Gasteiger partial charge in [-0.2, -0.15) is 0 Å². The highest BCUT2D eigenvalue weighted by atomic mass is 16.5. The lowest BCUT2D eigenvalue weighted by Crippen LogP contribution is -2.18. The van der Waals surface area contributed by atoms with Gasteiger partial charge >= 0.3 is 11.9 Å². The van der Waals surface area contributed by atoms with Crippen molar-refractivity contribution in [3.05, 3.63) is 24.3 Å². The number of hydrogen-bond donors (Lipinski definition) is 1. The molecule has 0 aromatic heterocycles. The molecule has 0 aromatic carbocycles. The predicted octanol–water partition coefficient (Wildman–Crippen LogP) is 12.1. The van der Waals surface area contributed by atoms with Crippen molar-refractivity contribution in [3.63, 3.8) is 0 Å². The maximum absolute atomic E-state index is 12.6. The fourth-order valence-corrected chi connectivity index (χ4v) is 5.27. The van der Waals surface area contributed by atoms with E-state index in [4.69, 9.17) is 9.84 Å². The van der Waals surface area contributed by atoms with Gasteiger partial charge in [0.05, 0.1) is 0 Å². The fourth-order valence-electron chi connectivity index (χ4n) is 5.27. The quantitative estimate of drug-likeness (QED) is 0.0491. The molecular weight excluding hydrogens is 508 g/mol. The van der Waals surface area contributed by atoms with Crippen molar-refractivity contribution in [2.75, 3.05) is 0 Å². The van der Waals surface area contributed by atoms with Crippen LogP contribution in [0.3, 0.4) is 0 Å². The number of aliphatic carboxylic acids is 1. The van der Waals surface area contributed by atoms with Crippen LogP contribution >= 0.6 is 0 Å². The van der Waals surface area contributed by atoms with Crippen molar-refractivity contribution in [3.8, 4) is 0 Å². The SMILES string of the molecule is CCCCC/C=C\C/C=C\CCCCCCCC(=O)OC(CCCCCCCCCC)CCCCCCCC(=O)O. The topological polar surface area (TPSA) is 63.6 Å². The molecule has 1 atom stereocenters. The minimum Gasteiger partial charge on any atom is -0.481 e. The van der Waals surface area contributed by atoms with Crippen LogP contribution in [0.25, 0.3) is 0 Å². The largest absolute Gasteiger partial charge is 0.481 e. The zero-order valence-electron chi connectivity index (χ0n) is 27.4. The molecule has 0 aliphatic heterocycles. The standard InChI is InChI=1S/C37H68O4/c1-3-5-7-9-11-13-14-15-16-17-18-19-21-26-30-34-37(40)41-35(31-27-23-20-12-10-8-6-4-2)32-28-24-22-25-29-33-36(38)39/h11,13,15-16,35H,3-10,12,14,17-34H2,1-2H3,(H,38,39)/b13-11-,16-15-. The number of hydrogen-bond acceptors (Lipinski definition) is 3. The second kappa shape index (κ2) is 32.9. The first-order chi connectivity index (χ1) is 20.1. The summed E-state index contributed by atoms with van der Waals surface area (Å²) in [6, 6.07) is 0. The van der Waals surface area contributed by atoms with Gasteiger partial charge < -0.3 is 9.84 Å². The smallest absolute Gasteiger partial charge is 0.306 e. The Kier molecular flexibility index (Phi) is 31.7. The molecule has 0 aromatic rings. The number of carboxylic acids is 1. The lowest BCUT2D eigenvalue weighted by atomic mass is 10.0. The number of rotatable bonds is 32. The highest BCUT2D eigenvalue weighted by Gasteiger charge is 2.14. The number of carboxylic acid groups (broad SMARTS) is 1. The lowest BCUT2D eigenvalue weighted by molar-refractivity contribution is -0.150. The van der Waals surface area contributed by atoms with Crippen LogP contribution in [0.1, 0.15) is 194 Å². The Hall–Kier alpha value is -1.58. The van der Waals surface area contributed by atoms with Gasteiger partial charge in [0.25, 0.3) is 0 Å². The summed E-state index contributed by atoms with van der Waals surface area (Å²) in [6.45, 7) is 4.50. The summed E-state index contributed by atoms with van der Waals surface area (Å²) in [4.78, 5) is 23.2. The number of esters is 1. The van der Waals surface area contributed by atoms with Crippen LogP contribution < -0.4 is 0 Å². The van der Waals surface area contributed by atoms with Crippen LogP contribution in [0.2, 0.25) is 0 Å². The molecule has 1 unspecified atom stereocenters. The molecule has 0 aliphatic carbocycles. The Morgan fingerprint density at radius 3 is 1.49 bits per heavy atom. The van der Waals surface area contributed by atoms with E-state index in [0.717, 1.165) is 77.0 Å². The van der Waals surface area contributed by atoms with E-state index in [-0.39, 0.29) is 18.5 Å². The molecule has 4 nitrogen and oxygen atoms in total. The number of unbranched alkanes of at least 4 members (excludes halogenated alkanes) is 19. The lowest BCUT2D eigenvalue weighted by Gasteiger charge is -2.18. The van der Waals surface area contributed by atoms with Crippen molar-refractivity contribution >= 4 is 11.9 Å². The minimum atomic E-state index is -0.702. The third-order valence-corrected chi connectivity index (χ3v) is 7.93. The van der Waals surface area contributed by atoms with E-state index >= 15 is 0 Å². The zero-order chi connectivity index (χ0) is 30.1. The van der Waals surface area contributed by atoms with Gasteiger partial charge in [-0.15, -0.1) is 0 Å². The Balaban J connectivity index is 4.01. The Morgan fingerprint density at radius 2 is 0.951 bits per heavy atom. The molecule has 0 bridgehead atoms. The van der Waals surface area contributed by atoms with Crippen LogP contribution in [-0.2, 0) is 14.3 Å². The van der Waals surface area contributed by atoms with Crippen LogP contribution in [-0.4, -0.2) is 23.1 Å². The van der Waals surface area contributed by atoms with E-state index in [1.807, 2.05) is 0 Å². The number of carbonyl (C=O) groups is 2. The number of carbonyl (C=O) groups excluding carboxylic acids is 1. The summed E-state index contributed by atoms with van der Waals surface area (Å²) < 4.78 is 5.96. The van der Waals surface area contributed by atoms with Gasteiger partial charge in [0, 0.05) is 12.8 Å². The van der Waals surface area contributed by atoms with Gasteiger partial charge in [-0.1, -0.05) is 134 Å². The first-order valence-electron chi connectivity index (χ1n) is 17.8. The highest BCUT2D eigenvalue weighted by Crippen LogP contribution is 2.18. The number of allylic oxidation sites excluding steroid dienone is 4. The van der Waals surface area contributed by atoms with Crippen molar-refractivity contribution < 1.29 is 19.4 Å². The summed E-state index contributed by atoms with van der Waals surface area (Å²) >= 11 is 0. The van der Waals surface area contributed by atoms with Gasteiger partial charge in [0.15, 0.2) is 0 Å². The summed E-state index contributed by atoms with van der Waals surface area (Å²) in [5, 5.41) is 8.78. The van der Waals surface area contributed by atoms with Gasteiger partial charge in [-0.05, 0) is 70.6 Å². The molecule has 0 saturated carbocycles. The normalized spacial score (nSPS) is 12.4. The molecule has 0 spiro atoms. The van der Waals surface area contributed by atoms with E-state index in [9.17, 15) is 9.59 Å². The second-order valence-corrected chi connectivity index (χ2v) is 12.1. The van der Waals surface area contributed by atoms with Gasteiger partial charge in [-0.25, -0.2) is 0 Å². The monoisotopic (exact) mass is 577 g/mol. The molecule has 1 N–H and O–H groups in total. The van der Waals surface area contributed by atoms with Gasteiger partial charge in [-0.3, -0.25) is 9.59 Å². The van der Waals surface area contributed by atoms with Crippen LogP contribution in [0, 0.1) is 0 Å². The van der Waals surface area contributed by atoms with Crippen LogP contribution in [0.5, 0.6) is 0 Å². The van der Waals surface area contributed by atoms with Crippen molar-refractivity contribution in [1.82, 2.24) is 0 Å². The molecule has 0 amide bonds. The summed E-state index contributed by atoms with van der Waals surface area (Å²) in [5.41, 5.74) is 0. The Bertz CT molecular complexity index is 624. The molecule has 240 valence electrons. The summed E-state index contributed by atoms with van der Waals surface area (Å²) in [7, 11) is 0. The van der Waals surface area contributed by atoms with Crippen molar-refractivity contribution in [2.45, 2.75) is 200 Å². The average molecular weight is 577 g/mol. The second-order valence-electron chi connectivity index (χ2n) is 12.1. The van der Waals surface area contributed by atoms with Gasteiger partial charge in [0.2, 0.25) is 0 Å². The summed E-state index contributed by atoms with van der Waals surface area (Å²) in [6.07, 6.45) is 40.4. The van der Waals surface area contributed by atoms with Gasteiger partial charge in [0.1, 0.15) is 6.10 Å². The number of ether oxygens (including phenoxy) is 1. The average Bonchev–Trinajstić information content (AvgIpc) is 2.95. The maximum Gasteiger partial charge on any atom is 0.306 e. The maximum atomic E-state index is 12.6. The molecule has 0 rings (SSSR count). The molecule has 0 radical (unpaired) electrons. The molecular formula is C37H68O4. The van der Waals surface area contributed by atoms with Crippen molar-refractivity contribution in [2.24, 2.45) is 0 Å². The first kappa shape index (κ1) is 39.4. The third kappa shape index (κ3) is 32.8. The van der Waals surface area contributed by atoms with Crippen LogP contribution in [0.15, 0.2) is 24.3 Å². The Morgan fingerprint density at radius 1 is 0.537 bits per heavy atom. The first-order valence-corrected chi connectivity index (χ1v) is 17.8. The molecule has 0 aliphatic rings. The molecule has 0 fully saturated rings. The van der Waals surface area contributed by atoms with E-state index in [1.54, 1.807) is 0 Å². The highest BCUT2D eigenvalue weighted by molar-refractivity contribution is 5.69. The van der Waals surface area contributed by atoms with Crippen LogP contribution in [0.4, 0.5) is 0 Å².